The minimum atomic E-state index is -0.975. The van der Waals surface area contributed by atoms with E-state index in [9.17, 15) is 14.7 Å². The summed E-state index contributed by atoms with van der Waals surface area (Å²) in [7, 11) is 0. The van der Waals surface area contributed by atoms with Crippen molar-refractivity contribution in [2.24, 2.45) is 0 Å². The zero-order chi connectivity index (χ0) is 17.7. The Balaban J connectivity index is 2.14. The highest BCUT2D eigenvalue weighted by molar-refractivity contribution is 6.31. The second-order valence-electron chi connectivity index (χ2n) is 6.12. The maximum atomic E-state index is 12.6. The second kappa shape index (κ2) is 7.49. The first-order valence-corrected chi connectivity index (χ1v) is 8.03. The van der Waals surface area contributed by atoms with E-state index < -0.39 is 17.3 Å². The molecule has 0 aliphatic rings. The molecule has 2 rings (SSSR count). The number of carbonyl (C=O) groups excluding carboxylic acids is 1. The Morgan fingerprint density at radius 3 is 2.25 bits per heavy atom. The van der Waals surface area contributed by atoms with Crippen LogP contribution < -0.4 is 5.32 Å². The third kappa shape index (κ3) is 3.95. The number of hydrogen-bond acceptors (Lipinski definition) is 2. The molecule has 2 aromatic rings. The molecule has 1 unspecified atom stereocenters. The second-order valence-corrected chi connectivity index (χ2v) is 6.52. The maximum absolute atomic E-state index is 12.6. The van der Waals surface area contributed by atoms with Gasteiger partial charge in [0.25, 0.3) is 0 Å². The van der Waals surface area contributed by atoms with Crippen molar-refractivity contribution in [3.63, 3.8) is 0 Å². The molecule has 0 aromatic heterocycles. The fraction of sp³-hybridized carbons (Fsp3) is 0.263. The zero-order valence-corrected chi connectivity index (χ0v) is 14.4. The van der Waals surface area contributed by atoms with Crippen LogP contribution >= 0.6 is 11.6 Å². The van der Waals surface area contributed by atoms with Gasteiger partial charge in [0.2, 0.25) is 5.91 Å². The van der Waals surface area contributed by atoms with Gasteiger partial charge in [-0.15, -0.1) is 0 Å². The van der Waals surface area contributed by atoms with Gasteiger partial charge in [-0.3, -0.25) is 9.59 Å². The molecule has 0 heterocycles. The summed E-state index contributed by atoms with van der Waals surface area (Å²) in [4.78, 5) is 24.1. The normalized spacial score (nSPS) is 12.5. The number of carbonyl (C=O) groups is 2. The number of aliphatic carboxylic acids is 1. The largest absolute Gasteiger partial charge is 0.481 e. The summed E-state index contributed by atoms with van der Waals surface area (Å²) in [5.74, 6) is -2.04. The molecule has 0 spiro atoms. The number of hydrogen-bond donors (Lipinski definition) is 2. The number of amides is 1. The first kappa shape index (κ1) is 18.0. The van der Waals surface area contributed by atoms with Gasteiger partial charge in [-0.1, -0.05) is 60.1 Å². The summed E-state index contributed by atoms with van der Waals surface area (Å²) in [6.45, 7) is 3.55. The van der Waals surface area contributed by atoms with Crippen LogP contribution in [-0.2, 0) is 15.0 Å². The fourth-order valence-corrected chi connectivity index (χ4v) is 2.91. The molecule has 2 aromatic carbocycles. The van der Waals surface area contributed by atoms with E-state index in [2.05, 4.69) is 5.32 Å². The van der Waals surface area contributed by atoms with Crippen LogP contribution in [0, 0.1) is 0 Å². The van der Waals surface area contributed by atoms with Gasteiger partial charge in [-0.25, -0.2) is 0 Å². The monoisotopic (exact) mass is 345 g/mol. The summed E-state index contributed by atoms with van der Waals surface area (Å²) in [6.07, 6.45) is 0. The number of carboxylic acids is 1. The van der Waals surface area contributed by atoms with Crippen LogP contribution in [0.2, 0.25) is 5.02 Å². The van der Waals surface area contributed by atoms with Crippen molar-refractivity contribution in [1.29, 1.82) is 0 Å². The van der Waals surface area contributed by atoms with Crippen molar-refractivity contribution in [2.75, 3.05) is 6.54 Å². The Hall–Kier alpha value is -2.33. The summed E-state index contributed by atoms with van der Waals surface area (Å²) in [5.41, 5.74) is 0.495. The summed E-state index contributed by atoms with van der Waals surface area (Å²) < 4.78 is 0. The Bertz CT molecular complexity index is 728. The first-order valence-electron chi connectivity index (χ1n) is 7.65. The molecule has 24 heavy (non-hydrogen) atoms. The minimum absolute atomic E-state index is 0.0199. The molecule has 0 radical (unpaired) electrons. The first-order chi connectivity index (χ1) is 11.3. The Morgan fingerprint density at radius 2 is 1.67 bits per heavy atom. The molecule has 0 aliphatic heterocycles. The maximum Gasteiger partial charge on any atom is 0.312 e. The third-order valence-electron chi connectivity index (χ3n) is 4.08. The molecule has 5 heteroatoms. The molecular formula is C19H20ClNO3. The van der Waals surface area contributed by atoms with Gasteiger partial charge in [0, 0.05) is 11.6 Å². The number of benzene rings is 2. The topological polar surface area (TPSA) is 66.4 Å². The fourth-order valence-electron chi connectivity index (χ4n) is 2.54. The van der Waals surface area contributed by atoms with E-state index in [0.29, 0.717) is 16.1 Å². The molecule has 4 nitrogen and oxygen atoms in total. The average molecular weight is 346 g/mol. The van der Waals surface area contributed by atoms with Crippen molar-refractivity contribution in [3.8, 4) is 0 Å². The molecule has 0 saturated heterocycles. The molecule has 0 aliphatic carbocycles. The summed E-state index contributed by atoms with van der Waals surface area (Å²) >= 11 is 6.19. The molecule has 1 amide bonds. The van der Waals surface area contributed by atoms with Gasteiger partial charge in [0.15, 0.2) is 0 Å². The highest BCUT2D eigenvalue weighted by Gasteiger charge is 2.32. The van der Waals surface area contributed by atoms with E-state index in [0.717, 1.165) is 0 Å². The van der Waals surface area contributed by atoms with E-state index in [4.69, 9.17) is 11.6 Å². The molecule has 126 valence electrons. The lowest BCUT2D eigenvalue weighted by Gasteiger charge is -2.26. The molecule has 0 fully saturated rings. The van der Waals surface area contributed by atoms with Gasteiger partial charge in [0.1, 0.15) is 0 Å². The van der Waals surface area contributed by atoms with Crippen molar-refractivity contribution in [3.05, 3.63) is 70.7 Å². The van der Waals surface area contributed by atoms with Crippen molar-refractivity contribution >= 4 is 23.5 Å². The lowest BCUT2D eigenvalue weighted by Crippen LogP contribution is -2.42. The number of carboxylic acid groups (broad SMARTS) is 1. The van der Waals surface area contributed by atoms with Crippen LogP contribution in [0.25, 0.3) is 0 Å². The van der Waals surface area contributed by atoms with Crippen LogP contribution in [0.4, 0.5) is 0 Å². The van der Waals surface area contributed by atoms with Gasteiger partial charge in [-0.2, -0.15) is 0 Å². The zero-order valence-electron chi connectivity index (χ0n) is 13.6. The minimum Gasteiger partial charge on any atom is -0.481 e. The summed E-state index contributed by atoms with van der Waals surface area (Å²) in [5, 5.41) is 12.7. The number of nitrogens with one attached hydrogen (secondary N) is 1. The summed E-state index contributed by atoms with van der Waals surface area (Å²) in [6, 6.07) is 16.0. The number of halogens is 1. The Labute approximate surface area is 146 Å². The van der Waals surface area contributed by atoms with E-state index in [1.54, 1.807) is 56.3 Å². The number of rotatable bonds is 6. The Kier molecular flexibility index (Phi) is 5.62. The van der Waals surface area contributed by atoms with Crippen LogP contribution in [0.1, 0.15) is 30.9 Å². The van der Waals surface area contributed by atoms with Gasteiger partial charge >= 0.3 is 5.97 Å². The highest BCUT2D eigenvalue weighted by atomic mass is 35.5. The van der Waals surface area contributed by atoms with E-state index in [1.165, 1.54) is 0 Å². The van der Waals surface area contributed by atoms with Crippen LogP contribution in [0.5, 0.6) is 0 Å². The average Bonchev–Trinajstić information content (AvgIpc) is 2.55. The Morgan fingerprint density at radius 1 is 1.08 bits per heavy atom. The molecule has 1 atom stereocenters. The van der Waals surface area contributed by atoms with Crippen LogP contribution in [0.15, 0.2) is 54.6 Å². The van der Waals surface area contributed by atoms with Crippen LogP contribution in [-0.4, -0.2) is 23.5 Å². The van der Waals surface area contributed by atoms with Gasteiger partial charge in [-0.05, 0) is 31.0 Å². The predicted octanol–water partition coefficient (Wildman–Crippen LogP) is 3.60. The highest BCUT2D eigenvalue weighted by Crippen LogP contribution is 2.30. The van der Waals surface area contributed by atoms with Gasteiger partial charge in [0.05, 0.1) is 11.3 Å². The predicted molar refractivity (Wildman–Crippen MR) is 94.3 cm³/mol. The quantitative estimate of drug-likeness (QED) is 0.840. The van der Waals surface area contributed by atoms with Crippen molar-refractivity contribution < 1.29 is 14.7 Å². The molecule has 0 saturated carbocycles. The van der Waals surface area contributed by atoms with Gasteiger partial charge < -0.3 is 10.4 Å². The molecule has 2 N–H and O–H groups in total. The van der Waals surface area contributed by atoms with E-state index in [-0.39, 0.29) is 12.5 Å². The lowest BCUT2D eigenvalue weighted by atomic mass is 9.83. The molecule has 0 bridgehead atoms. The standard InChI is InChI=1S/C19H20ClNO3/c1-19(2,15-10-6-7-11-16(15)20)18(24)21-12-14(17(22)23)13-8-4-3-5-9-13/h3-11,14H,12H2,1-2H3,(H,21,24)(H,22,23). The smallest absolute Gasteiger partial charge is 0.312 e. The SMILES string of the molecule is CC(C)(C(=O)NCC(C(=O)O)c1ccccc1)c1ccccc1Cl. The molecular weight excluding hydrogens is 326 g/mol. The van der Waals surface area contributed by atoms with Crippen LogP contribution in [0.3, 0.4) is 0 Å². The van der Waals surface area contributed by atoms with E-state index >= 15 is 0 Å². The van der Waals surface area contributed by atoms with Crippen molar-refractivity contribution in [2.45, 2.75) is 25.2 Å². The third-order valence-corrected chi connectivity index (χ3v) is 4.41. The van der Waals surface area contributed by atoms with Crippen molar-refractivity contribution in [1.82, 2.24) is 5.32 Å². The lowest BCUT2D eigenvalue weighted by molar-refractivity contribution is -0.138. The van der Waals surface area contributed by atoms with E-state index in [1.807, 2.05) is 12.1 Å².